The lowest BCUT2D eigenvalue weighted by Crippen LogP contribution is -2.28. The Morgan fingerprint density at radius 2 is 1.63 bits per heavy atom. The first-order valence-corrected chi connectivity index (χ1v) is 11.7. The fourth-order valence-corrected chi connectivity index (χ4v) is 5.02. The van der Waals surface area contributed by atoms with Crippen LogP contribution >= 0.6 is 0 Å². The monoisotopic (exact) mass is 486 g/mol. The van der Waals surface area contributed by atoms with Crippen LogP contribution in [0.15, 0.2) is 54.6 Å². The van der Waals surface area contributed by atoms with Gasteiger partial charge in [-0.3, -0.25) is 0 Å². The minimum absolute atomic E-state index is 0.0728. The molecule has 35 heavy (non-hydrogen) atoms. The molecule has 0 unspecified atom stereocenters. The molecule has 1 heterocycles. The Hall–Kier alpha value is -2.90. The minimum atomic E-state index is -4.49. The van der Waals surface area contributed by atoms with Crippen molar-refractivity contribution in [3.63, 3.8) is 0 Å². The summed E-state index contributed by atoms with van der Waals surface area (Å²) in [7, 11) is 0. The van der Waals surface area contributed by atoms with E-state index in [2.05, 4.69) is 0 Å². The lowest BCUT2D eigenvalue weighted by atomic mass is 9.79. The number of fused-ring (bicyclic) bond motifs is 1. The van der Waals surface area contributed by atoms with E-state index < -0.39 is 29.8 Å². The van der Waals surface area contributed by atoms with Crippen molar-refractivity contribution in [2.45, 2.75) is 63.0 Å². The Morgan fingerprint density at radius 3 is 2.17 bits per heavy atom. The Balaban J connectivity index is 1.74. The fraction of sp³-hybridized carbons (Fsp3) is 0.357. The lowest BCUT2D eigenvalue weighted by molar-refractivity contribution is -0.137. The van der Waals surface area contributed by atoms with Crippen molar-refractivity contribution in [3.05, 3.63) is 88.2 Å². The zero-order valence-corrected chi connectivity index (χ0v) is 19.4. The number of alkyl halides is 3. The van der Waals surface area contributed by atoms with Gasteiger partial charge in [0, 0.05) is 12.0 Å². The van der Waals surface area contributed by atoms with E-state index in [1.807, 2.05) is 19.9 Å². The molecule has 0 saturated heterocycles. The molecule has 2 N–H and O–H groups in total. The summed E-state index contributed by atoms with van der Waals surface area (Å²) in [5.41, 5.74) is 1.95. The molecule has 1 saturated carbocycles. The van der Waals surface area contributed by atoms with Crippen LogP contribution in [0.1, 0.15) is 79.1 Å². The molecule has 0 bridgehead atoms. The van der Waals surface area contributed by atoms with Gasteiger partial charge in [-0.25, -0.2) is 4.39 Å². The normalized spacial score (nSPS) is 19.4. The predicted octanol–water partition coefficient (Wildman–Crippen LogP) is 7.07. The largest absolute Gasteiger partial charge is 0.487 e. The maximum atomic E-state index is 13.8. The van der Waals surface area contributed by atoms with Crippen LogP contribution in [-0.2, 0) is 6.18 Å². The van der Waals surface area contributed by atoms with Gasteiger partial charge in [-0.15, -0.1) is 0 Å². The number of benzene rings is 3. The minimum Gasteiger partial charge on any atom is -0.487 e. The summed E-state index contributed by atoms with van der Waals surface area (Å²) in [5, 5.41) is 22.7. The molecule has 0 radical (unpaired) electrons. The second-order valence-corrected chi connectivity index (χ2v) is 9.86. The lowest BCUT2D eigenvalue weighted by Gasteiger charge is -2.35. The first-order chi connectivity index (χ1) is 16.5. The first kappa shape index (κ1) is 23.8. The van der Waals surface area contributed by atoms with Crippen LogP contribution in [0.2, 0.25) is 0 Å². The highest BCUT2D eigenvalue weighted by Gasteiger charge is 2.51. The van der Waals surface area contributed by atoms with Crippen molar-refractivity contribution >= 4 is 0 Å². The number of aliphatic hydroxyl groups is 2. The van der Waals surface area contributed by atoms with Crippen molar-refractivity contribution in [2.75, 3.05) is 0 Å². The summed E-state index contributed by atoms with van der Waals surface area (Å²) in [6.45, 7) is 3.90. The zero-order valence-electron chi connectivity index (χ0n) is 19.4. The molecule has 0 amide bonds. The molecule has 7 heteroatoms. The second kappa shape index (κ2) is 8.35. The van der Waals surface area contributed by atoms with Crippen LogP contribution in [-0.4, -0.2) is 15.8 Å². The van der Waals surface area contributed by atoms with E-state index in [0.717, 1.165) is 30.5 Å². The Kier molecular flexibility index (Phi) is 5.68. The van der Waals surface area contributed by atoms with Gasteiger partial charge in [-0.2, -0.15) is 13.2 Å². The highest BCUT2D eigenvalue weighted by atomic mass is 19.4. The molecule has 1 spiro atoms. The second-order valence-electron chi connectivity index (χ2n) is 9.86. The van der Waals surface area contributed by atoms with Gasteiger partial charge in [0.25, 0.3) is 0 Å². The van der Waals surface area contributed by atoms with Gasteiger partial charge in [0.15, 0.2) is 0 Å². The number of hydrogen-bond donors (Lipinski definition) is 2. The third kappa shape index (κ3) is 4.32. The Morgan fingerprint density at radius 1 is 1.00 bits per heavy atom. The molecule has 3 aromatic carbocycles. The summed E-state index contributed by atoms with van der Waals surface area (Å²) >= 11 is 0. The highest BCUT2D eigenvalue weighted by Crippen LogP contribution is 2.56. The molecule has 3 aromatic rings. The maximum Gasteiger partial charge on any atom is 0.416 e. The van der Waals surface area contributed by atoms with Crippen molar-refractivity contribution < 1.29 is 32.5 Å². The third-order valence-electron chi connectivity index (χ3n) is 7.02. The van der Waals surface area contributed by atoms with Crippen LogP contribution in [0.5, 0.6) is 5.75 Å². The van der Waals surface area contributed by atoms with E-state index in [1.54, 1.807) is 12.1 Å². The molecule has 1 aliphatic carbocycles. The zero-order chi connectivity index (χ0) is 25.1. The molecule has 3 nitrogen and oxygen atoms in total. The molecular weight excluding hydrogens is 460 g/mol. The first-order valence-electron chi connectivity index (χ1n) is 11.7. The molecule has 2 aliphatic rings. The van der Waals surface area contributed by atoms with Crippen molar-refractivity contribution in [2.24, 2.45) is 0 Å². The summed E-state index contributed by atoms with van der Waals surface area (Å²) < 4.78 is 59.4. The van der Waals surface area contributed by atoms with Crippen LogP contribution in [0.25, 0.3) is 11.1 Å². The molecule has 184 valence electrons. The van der Waals surface area contributed by atoms with Gasteiger partial charge < -0.3 is 14.9 Å². The molecule has 1 aliphatic heterocycles. The third-order valence-corrected chi connectivity index (χ3v) is 7.02. The van der Waals surface area contributed by atoms with E-state index in [4.69, 9.17) is 4.74 Å². The summed E-state index contributed by atoms with van der Waals surface area (Å²) in [6.07, 6.45) is -4.52. The molecule has 5 rings (SSSR count). The maximum absolute atomic E-state index is 13.8. The van der Waals surface area contributed by atoms with Gasteiger partial charge in [-0.1, -0.05) is 38.1 Å². The van der Waals surface area contributed by atoms with E-state index >= 15 is 0 Å². The fourth-order valence-electron chi connectivity index (χ4n) is 5.02. The number of rotatable bonds is 4. The van der Waals surface area contributed by atoms with Crippen LogP contribution in [0, 0.1) is 5.82 Å². The summed E-state index contributed by atoms with van der Waals surface area (Å²) in [4.78, 5) is 0. The molecule has 2 atom stereocenters. The Bertz CT molecular complexity index is 1240. The topological polar surface area (TPSA) is 49.7 Å². The van der Waals surface area contributed by atoms with Crippen LogP contribution in [0.4, 0.5) is 17.6 Å². The summed E-state index contributed by atoms with van der Waals surface area (Å²) in [6, 6.07) is 12.0. The van der Waals surface area contributed by atoms with Crippen molar-refractivity contribution in [1.29, 1.82) is 0 Å². The number of aliphatic hydroxyl groups excluding tert-OH is 2. The van der Waals surface area contributed by atoms with Gasteiger partial charge >= 0.3 is 6.18 Å². The van der Waals surface area contributed by atoms with Crippen molar-refractivity contribution in [1.82, 2.24) is 0 Å². The van der Waals surface area contributed by atoms with E-state index in [9.17, 15) is 27.8 Å². The number of halogens is 4. The van der Waals surface area contributed by atoms with E-state index in [1.165, 1.54) is 24.3 Å². The quantitative estimate of drug-likeness (QED) is 0.388. The van der Waals surface area contributed by atoms with Gasteiger partial charge in [0.05, 0.1) is 11.7 Å². The Labute approximate surface area is 201 Å². The number of hydrogen-bond acceptors (Lipinski definition) is 3. The van der Waals surface area contributed by atoms with Gasteiger partial charge in [-0.05, 0) is 76.9 Å². The smallest absolute Gasteiger partial charge is 0.416 e. The van der Waals surface area contributed by atoms with Crippen LogP contribution < -0.4 is 4.74 Å². The molecule has 1 fully saturated rings. The SMILES string of the molecule is CC(C)c1cc2c(c(-c3ccc(F)cc3)c1[C@@H](O)c1ccc(C(F)(F)F)cc1)[C@@H](O)CC1(CC1)O2. The van der Waals surface area contributed by atoms with E-state index in [-0.39, 0.29) is 17.1 Å². The average molecular weight is 487 g/mol. The van der Waals surface area contributed by atoms with Crippen LogP contribution in [0.3, 0.4) is 0 Å². The number of ether oxygens (including phenoxy) is 1. The average Bonchev–Trinajstić information content (AvgIpc) is 3.55. The van der Waals surface area contributed by atoms with E-state index in [0.29, 0.717) is 34.4 Å². The van der Waals surface area contributed by atoms with Gasteiger partial charge in [0.2, 0.25) is 0 Å². The highest BCUT2D eigenvalue weighted by molar-refractivity contribution is 5.78. The molecular formula is C28H26F4O3. The summed E-state index contributed by atoms with van der Waals surface area (Å²) in [5.74, 6) is 0.0327. The van der Waals surface area contributed by atoms with Gasteiger partial charge in [0.1, 0.15) is 23.3 Å². The predicted molar refractivity (Wildman–Crippen MR) is 124 cm³/mol. The molecule has 0 aromatic heterocycles. The van der Waals surface area contributed by atoms with Crippen molar-refractivity contribution in [3.8, 4) is 16.9 Å². The standard InChI is InChI=1S/C28H26F4O3/c1-15(2)20-13-22-25(21(33)14-27(35-22)11-12-27)23(16-5-9-19(29)10-6-16)24(20)26(34)17-3-7-18(8-4-17)28(30,31)32/h3-10,13,15,21,26,33-34H,11-12,14H2,1-2H3/t21-,26-/m0/s1.